The highest BCUT2D eigenvalue weighted by molar-refractivity contribution is 6.06. The van der Waals surface area contributed by atoms with E-state index in [1.807, 2.05) is 61.5 Å². The maximum absolute atomic E-state index is 11.9. The van der Waals surface area contributed by atoms with Crippen LogP contribution in [0.1, 0.15) is 16.7 Å². The summed E-state index contributed by atoms with van der Waals surface area (Å²) in [5, 5.41) is 0. The van der Waals surface area contributed by atoms with E-state index < -0.39 is 6.04 Å². The number of benzene rings is 2. The van der Waals surface area contributed by atoms with Gasteiger partial charge < -0.3 is 4.74 Å². The van der Waals surface area contributed by atoms with Crippen LogP contribution in [-0.4, -0.2) is 17.9 Å². The Labute approximate surface area is 117 Å². The van der Waals surface area contributed by atoms with Crippen LogP contribution in [0.2, 0.25) is 0 Å². The van der Waals surface area contributed by atoms with E-state index >= 15 is 0 Å². The van der Waals surface area contributed by atoms with Gasteiger partial charge in [-0.2, -0.15) is 0 Å². The molecule has 0 aliphatic carbocycles. The Morgan fingerprint density at radius 3 is 2.45 bits per heavy atom. The van der Waals surface area contributed by atoms with Crippen LogP contribution < -0.4 is 0 Å². The minimum Gasteiger partial charge on any atom is -0.406 e. The lowest BCUT2D eigenvalue weighted by Crippen LogP contribution is -2.17. The number of hydrogen-bond donors (Lipinski definition) is 0. The van der Waals surface area contributed by atoms with Crippen molar-refractivity contribution in [1.29, 1.82) is 0 Å². The molecule has 0 fully saturated rings. The average Bonchev–Trinajstić information content (AvgIpc) is 2.84. The van der Waals surface area contributed by atoms with Crippen molar-refractivity contribution in [2.45, 2.75) is 19.4 Å². The summed E-state index contributed by atoms with van der Waals surface area (Å²) in [4.78, 5) is 16.3. The zero-order chi connectivity index (χ0) is 13.9. The topological polar surface area (TPSA) is 38.7 Å². The Bertz CT molecular complexity index is 644. The maximum atomic E-state index is 11.9. The zero-order valence-corrected chi connectivity index (χ0v) is 11.2. The summed E-state index contributed by atoms with van der Waals surface area (Å²) in [5.41, 5.74) is 3.14. The van der Waals surface area contributed by atoms with Crippen molar-refractivity contribution in [2.75, 3.05) is 0 Å². The number of aliphatic imine (C=N–C) groups is 1. The van der Waals surface area contributed by atoms with Crippen molar-refractivity contribution in [2.24, 2.45) is 4.99 Å². The predicted octanol–water partition coefficient (Wildman–Crippen LogP) is 2.91. The van der Waals surface area contributed by atoms with Crippen LogP contribution in [-0.2, 0) is 16.0 Å². The summed E-state index contributed by atoms with van der Waals surface area (Å²) in [5.74, 6) is 0.150. The second-order valence-corrected chi connectivity index (χ2v) is 4.93. The van der Waals surface area contributed by atoms with Gasteiger partial charge in [0.2, 0.25) is 5.90 Å². The molecule has 0 saturated carbocycles. The zero-order valence-electron chi connectivity index (χ0n) is 11.2. The van der Waals surface area contributed by atoms with Gasteiger partial charge in [0.15, 0.2) is 6.04 Å². The lowest BCUT2D eigenvalue weighted by atomic mass is 10.1. The molecule has 0 aromatic heterocycles. The SMILES string of the molecule is Cc1ccc(C[C@H]2N=C(c3ccccc3)OC2=O)cc1. The molecule has 1 aliphatic rings. The second-order valence-electron chi connectivity index (χ2n) is 4.93. The lowest BCUT2D eigenvalue weighted by Gasteiger charge is -2.03. The highest BCUT2D eigenvalue weighted by Gasteiger charge is 2.29. The molecule has 1 heterocycles. The molecule has 1 aliphatic heterocycles. The molecule has 3 heteroatoms. The number of ether oxygens (including phenoxy) is 1. The minimum absolute atomic E-state index is 0.274. The Balaban J connectivity index is 1.79. The second kappa shape index (κ2) is 5.29. The monoisotopic (exact) mass is 265 g/mol. The van der Waals surface area contributed by atoms with Crippen LogP contribution >= 0.6 is 0 Å². The molecule has 2 aromatic carbocycles. The molecule has 0 N–H and O–H groups in total. The summed E-state index contributed by atoms with van der Waals surface area (Å²) in [6.45, 7) is 2.04. The van der Waals surface area contributed by atoms with Gasteiger partial charge >= 0.3 is 5.97 Å². The number of nitrogens with zero attached hydrogens (tertiary/aromatic N) is 1. The molecule has 20 heavy (non-hydrogen) atoms. The molecule has 3 nitrogen and oxygen atoms in total. The summed E-state index contributed by atoms with van der Waals surface area (Å²) >= 11 is 0. The van der Waals surface area contributed by atoms with Crippen molar-refractivity contribution in [3.8, 4) is 0 Å². The summed E-state index contributed by atoms with van der Waals surface area (Å²) in [6.07, 6.45) is 0.579. The Hall–Kier alpha value is -2.42. The van der Waals surface area contributed by atoms with Gasteiger partial charge in [0.1, 0.15) is 0 Å². The van der Waals surface area contributed by atoms with E-state index in [-0.39, 0.29) is 5.97 Å². The lowest BCUT2D eigenvalue weighted by molar-refractivity contribution is -0.134. The maximum Gasteiger partial charge on any atom is 0.338 e. The first-order valence-electron chi connectivity index (χ1n) is 6.63. The van der Waals surface area contributed by atoms with Gasteiger partial charge in [0, 0.05) is 12.0 Å². The minimum atomic E-state index is -0.437. The van der Waals surface area contributed by atoms with Gasteiger partial charge in [0.05, 0.1) is 0 Å². The van der Waals surface area contributed by atoms with Crippen molar-refractivity contribution < 1.29 is 9.53 Å². The van der Waals surface area contributed by atoms with E-state index in [9.17, 15) is 4.79 Å². The van der Waals surface area contributed by atoms with Crippen molar-refractivity contribution >= 4 is 11.9 Å². The number of carbonyl (C=O) groups is 1. The van der Waals surface area contributed by atoms with Gasteiger partial charge in [-0.3, -0.25) is 0 Å². The average molecular weight is 265 g/mol. The molecule has 0 bridgehead atoms. The normalized spacial score (nSPS) is 17.8. The van der Waals surface area contributed by atoms with Crippen LogP contribution in [0.4, 0.5) is 0 Å². The molecular weight excluding hydrogens is 250 g/mol. The van der Waals surface area contributed by atoms with Crippen molar-refractivity contribution in [3.05, 3.63) is 71.3 Å². The van der Waals surface area contributed by atoms with Crippen LogP contribution in [0.15, 0.2) is 59.6 Å². The third-order valence-electron chi connectivity index (χ3n) is 3.31. The summed E-state index contributed by atoms with van der Waals surface area (Å²) in [7, 11) is 0. The van der Waals surface area contributed by atoms with Crippen LogP contribution in [0.25, 0.3) is 0 Å². The van der Waals surface area contributed by atoms with Crippen molar-refractivity contribution in [1.82, 2.24) is 0 Å². The third-order valence-corrected chi connectivity index (χ3v) is 3.31. The van der Waals surface area contributed by atoms with E-state index in [4.69, 9.17) is 4.74 Å². The van der Waals surface area contributed by atoms with Gasteiger partial charge in [0.25, 0.3) is 0 Å². The number of esters is 1. The Kier molecular flexibility index (Phi) is 3.33. The predicted molar refractivity (Wildman–Crippen MR) is 77.7 cm³/mol. The molecular formula is C17H15NO2. The van der Waals surface area contributed by atoms with Gasteiger partial charge in [-0.05, 0) is 24.6 Å². The van der Waals surface area contributed by atoms with Crippen LogP contribution in [0, 0.1) is 6.92 Å². The molecule has 3 rings (SSSR count). The van der Waals surface area contributed by atoms with E-state index in [1.54, 1.807) is 0 Å². The fourth-order valence-electron chi connectivity index (χ4n) is 2.17. The van der Waals surface area contributed by atoms with Gasteiger partial charge in [-0.25, -0.2) is 9.79 Å². The number of hydrogen-bond acceptors (Lipinski definition) is 3. The van der Waals surface area contributed by atoms with E-state index in [0.29, 0.717) is 12.3 Å². The highest BCUT2D eigenvalue weighted by Crippen LogP contribution is 2.17. The number of rotatable bonds is 3. The standard InChI is InChI=1S/C17H15NO2/c1-12-7-9-13(10-8-12)11-15-17(19)20-16(18-15)14-5-3-2-4-6-14/h2-10,15H,11H2,1H3/t15-/m1/s1. The molecule has 1 atom stereocenters. The molecule has 0 saturated heterocycles. The first-order valence-corrected chi connectivity index (χ1v) is 6.63. The molecule has 100 valence electrons. The molecule has 0 spiro atoms. The molecule has 2 aromatic rings. The summed E-state index contributed by atoms with van der Waals surface area (Å²) in [6, 6.07) is 17.2. The largest absolute Gasteiger partial charge is 0.406 e. The first kappa shape index (κ1) is 12.6. The van der Waals surface area contributed by atoms with Crippen LogP contribution in [0.3, 0.4) is 0 Å². The molecule has 0 unspecified atom stereocenters. The van der Waals surface area contributed by atoms with Crippen molar-refractivity contribution in [3.63, 3.8) is 0 Å². The molecule has 0 amide bonds. The highest BCUT2D eigenvalue weighted by atomic mass is 16.6. The fraction of sp³-hybridized carbons (Fsp3) is 0.176. The smallest absolute Gasteiger partial charge is 0.338 e. The van der Waals surface area contributed by atoms with Gasteiger partial charge in [-0.15, -0.1) is 0 Å². The fourth-order valence-corrected chi connectivity index (χ4v) is 2.17. The molecule has 0 radical (unpaired) electrons. The number of cyclic esters (lactones) is 1. The Morgan fingerprint density at radius 1 is 1.05 bits per heavy atom. The third kappa shape index (κ3) is 2.62. The Morgan fingerprint density at radius 2 is 1.75 bits per heavy atom. The number of carbonyl (C=O) groups excluding carboxylic acids is 1. The van der Waals surface area contributed by atoms with E-state index in [2.05, 4.69) is 4.99 Å². The quantitative estimate of drug-likeness (QED) is 0.800. The van der Waals surface area contributed by atoms with Gasteiger partial charge in [-0.1, -0.05) is 48.0 Å². The number of aryl methyl sites for hydroxylation is 1. The first-order chi connectivity index (χ1) is 9.72. The summed E-state index contributed by atoms with van der Waals surface area (Å²) < 4.78 is 5.27. The van der Waals surface area contributed by atoms with Crippen LogP contribution in [0.5, 0.6) is 0 Å². The van der Waals surface area contributed by atoms with E-state index in [1.165, 1.54) is 5.56 Å². The van der Waals surface area contributed by atoms with E-state index in [0.717, 1.165) is 11.1 Å².